The quantitative estimate of drug-likeness (QED) is 0.936. The van der Waals surface area contributed by atoms with Crippen LogP contribution in [0.4, 0.5) is 5.69 Å². The summed E-state index contributed by atoms with van der Waals surface area (Å²) in [6.45, 7) is 2.56. The molecule has 1 heterocycles. The number of aromatic nitrogens is 1. The Morgan fingerprint density at radius 3 is 2.74 bits per heavy atom. The molecule has 1 N–H and O–H groups in total. The van der Waals surface area contributed by atoms with Gasteiger partial charge < -0.3 is 10.0 Å². The molecule has 0 unspecified atom stereocenters. The van der Waals surface area contributed by atoms with E-state index in [0.29, 0.717) is 0 Å². The molecule has 2 aromatic rings. The smallest absolute Gasteiger partial charge is 0.0772 e. The summed E-state index contributed by atoms with van der Waals surface area (Å²) < 4.78 is 0.929. The molecule has 1 aromatic carbocycles. The van der Waals surface area contributed by atoms with Crippen LogP contribution < -0.4 is 4.90 Å². The topological polar surface area (TPSA) is 36.4 Å². The molecular formula is C15H17BrN2O. The van der Waals surface area contributed by atoms with Gasteiger partial charge in [-0.2, -0.15) is 0 Å². The van der Waals surface area contributed by atoms with Gasteiger partial charge in [0.25, 0.3) is 0 Å². The monoisotopic (exact) mass is 320 g/mol. The number of benzene rings is 1. The minimum atomic E-state index is -0.466. The van der Waals surface area contributed by atoms with E-state index < -0.39 is 6.10 Å². The Kier molecular flexibility index (Phi) is 4.56. The Balaban J connectivity index is 2.16. The maximum atomic E-state index is 9.62. The zero-order valence-corrected chi connectivity index (χ0v) is 12.6. The average Bonchev–Trinajstić information content (AvgIpc) is 2.39. The van der Waals surface area contributed by atoms with Crippen molar-refractivity contribution in [3.8, 4) is 0 Å². The van der Waals surface area contributed by atoms with Gasteiger partial charge in [-0.1, -0.05) is 28.1 Å². The van der Waals surface area contributed by atoms with Gasteiger partial charge in [0.2, 0.25) is 0 Å². The number of aliphatic hydroxyl groups is 1. The van der Waals surface area contributed by atoms with E-state index in [1.54, 1.807) is 13.1 Å². The Morgan fingerprint density at radius 2 is 2.16 bits per heavy atom. The second kappa shape index (κ2) is 6.17. The fourth-order valence-electron chi connectivity index (χ4n) is 1.95. The first-order chi connectivity index (χ1) is 9.08. The number of aliphatic hydroxyl groups excluding tert-OH is 1. The van der Waals surface area contributed by atoms with Crippen LogP contribution in [0.1, 0.15) is 24.2 Å². The van der Waals surface area contributed by atoms with E-state index in [1.165, 1.54) is 5.56 Å². The minimum absolute atomic E-state index is 0.466. The second-order valence-corrected chi connectivity index (χ2v) is 5.45. The number of rotatable bonds is 4. The number of hydrogen-bond acceptors (Lipinski definition) is 3. The largest absolute Gasteiger partial charge is 0.389 e. The van der Waals surface area contributed by atoms with E-state index in [2.05, 4.69) is 31.9 Å². The molecule has 4 heteroatoms. The van der Waals surface area contributed by atoms with E-state index in [4.69, 9.17) is 0 Å². The van der Waals surface area contributed by atoms with Crippen molar-refractivity contribution in [2.75, 3.05) is 11.9 Å². The molecule has 0 spiro atoms. The van der Waals surface area contributed by atoms with Crippen molar-refractivity contribution >= 4 is 21.6 Å². The molecular weight excluding hydrogens is 304 g/mol. The molecule has 0 aliphatic rings. The van der Waals surface area contributed by atoms with E-state index in [0.717, 1.165) is 22.3 Å². The first-order valence-electron chi connectivity index (χ1n) is 6.15. The number of pyridine rings is 1. The Bertz CT molecular complexity index is 543. The highest BCUT2D eigenvalue weighted by atomic mass is 79.9. The summed E-state index contributed by atoms with van der Waals surface area (Å²) in [4.78, 5) is 6.26. The van der Waals surface area contributed by atoms with Crippen molar-refractivity contribution in [2.45, 2.75) is 19.6 Å². The summed E-state index contributed by atoms with van der Waals surface area (Å²) >= 11 is 3.50. The highest BCUT2D eigenvalue weighted by Gasteiger charge is 2.09. The fraction of sp³-hybridized carbons (Fsp3) is 0.267. The van der Waals surface area contributed by atoms with Crippen LogP contribution in [0.25, 0.3) is 0 Å². The van der Waals surface area contributed by atoms with Crippen molar-refractivity contribution < 1.29 is 5.11 Å². The summed E-state index contributed by atoms with van der Waals surface area (Å²) in [5.41, 5.74) is 3.17. The Labute approximate surface area is 122 Å². The summed E-state index contributed by atoms with van der Waals surface area (Å²) in [5, 5.41) is 9.62. The lowest BCUT2D eigenvalue weighted by molar-refractivity contribution is 0.198. The van der Waals surface area contributed by atoms with Gasteiger partial charge in [0.1, 0.15) is 0 Å². The van der Waals surface area contributed by atoms with Gasteiger partial charge in [-0.3, -0.25) is 4.98 Å². The third kappa shape index (κ3) is 3.55. The van der Waals surface area contributed by atoms with Crippen molar-refractivity contribution in [3.63, 3.8) is 0 Å². The zero-order chi connectivity index (χ0) is 13.8. The fourth-order valence-corrected chi connectivity index (χ4v) is 2.65. The first-order valence-corrected chi connectivity index (χ1v) is 6.95. The normalized spacial score (nSPS) is 12.2. The SMILES string of the molecule is C[C@H](O)c1ccc(N(C)Cc2cccnc2)cc1Br. The predicted octanol–water partition coefficient (Wildman–Crippen LogP) is 3.53. The van der Waals surface area contributed by atoms with Crippen LogP contribution in [0, 0.1) is 0 Å². The van der Waals surface area contributed by atoms with Gasteiger partial charge in [0.15, 0.2) is 0 Å². The van der Waals surface area contributed by atoms with Gasteiger partial charge in [-0.25, -0.2) is 0 Å². The zero-order valence-electron chi connectivity index (χ0n) is 11.0. The molecule has 1 atom stereocenters. The van der Waals surface area contributed by atoms with E-state index in [9.17, 15) is 5.11 Å². The molecule has 0 aliphatic carbocycles. The number of halogens is 1. The molecule has 0 radical (unpaired) electrons. The summed E-state index contributed by atoms with van der Waals surface area (Å²) in [5.74, 6) is 0. The molecule has 100 valence electrons. The van der Waals surface area contributed by atoms with Crippen molar-refractivity contribution in [2.24, 2.45) is 0 Å². The lowest BCUT2D eigenvalue weighted by atomic mass is 10.1. The first kappa shape index (κ1) is 14.0. The van der Waals surface area contributed by atoms with E-state index in [-0.39, 0.29) is 0 Å². The van der Waals surface area contributed by atoms with Crippen LogP contribution in [0.2, 0.25) is 0 Å². The van der Waals surface area contributed by atoms with Crippen molar-refractivity contribution in [3.05, 3.63) is 58.3 Å². The van der Waals surface area contributed by atoms with Crippen LogP contribution >= 0.6 is 15.9 Å². The Morgan fingerprint density at radius 1 is 1.37 bits per heavy atom. The van der Waals surface area contributed by atoms with Gasteiger partial charge in [0.05, 0.1) is 6.10 Å². The molecule has 0 bridgehead atoms. The molecule has 0 saturated carbocycles. The molecule has 0 amide bonds. The molecule has 2 rings (SSSR count). The molecule has 0 fully saturated rings. The molecule has 0 aliphatic heterocycles. The number of hydrogen-bond donors (Lipinski definition) is 1. The predicted molar refractivity (Wildman–Crippen MR) is 81.1 cm³/mol. The van der Waals surface area contributed by atoms with Gasteiger partial charge in [-0.05, 0) is 36.2 Å². The summed E-state index contributed by atoms with van der Waals surface area (Å²) in [6.07, 6.45) is 3.18. The molecule has 1 aromatic heterocycles. The van der Waals surface area contributed by atoms with Crippen LogP contribution in [-0.2, 0) is 6.54 Å². The van der Waals surface area contributed by atoms with Crippen LogP contribution in [0.15, 0.2) is 47.2 Å². The standard InChI is InChI=1S/C15H17BrN2O/c1-11(19)14-6-5-13(8-15(14)16)18(2)10-12-4-3-7-17-9-12/h3-9,11,19H,10H2,1-2H3/t11-/m0/s1. The number of anilines is 1. The second-order valence-electron chi connectivity index (χ2n) is 4.60. The van der Waals surface area contributed by atoms with Crippen LogP contribution in [-0.4, -0.2) is 17.1 Å². The van der Waals surface area contributed by atoms with Gasteiger partial charge in [0, 0.05) is 36.1 Å². The van der Waals surface area contributed by atoms with E-state index in [1.807, 2.05) is 37.5 Å². The maximum Gasteiger partial charge on any atom is 0.0772 e. The summed E-state index contributed by atoms with van der Waals surface area (Å²) in [6, 6.07) is 9.99. The molecule has 3 nitrogen and oxygen atoms in total. The minimum Gasteiger partial charge on any atom is -0.389 e. The number of nitrogens with zero attached hydrogens (tertiary/aromatic N) is 2. The highest BCUT2D eigenvalue weighted by molar-refractivity contribution is 9.10. The van der Waals surface area contributed by atoms with Crippen molar-refractivity contribution in [1.82, 2.24) is 4.98 Å². The third-order valence-corrected chi connectivity index (χ3v) is 3.70. The highest BCUT2D eigenvalue weighted by Crippen LogP contribution is 2.28. The lowest BCUT2D eigenvalue weighted by Gasteiger charge is -2.20. The van der Waals surface area contributed by atoms with Crippen molar-refractivity contribution in [1.29, 1.82) is 0 Å². The van der Waals surface area contributed by atoms with Crippen LogP contribution in [0.5, 0.6) is 0 Å². The average molecular weight is 321 g/mol. The Hall–Kier alpha value is -1.39. The summed E-state index contributed by atoms with van der Waals surface area (Å²) in [7, 11) is 2.04. The maximum absolute atomic E-state index is 9.62. The third-order valence-electron chi connectivity index (χ3n) is 3.02. The van der Waals surface area contributed by atoms with Gasteiger partial charge in [-0.15, -0.1) is 0 Å². The molecule has 19 heavy (non-hydrogen) atoms. The molecule has 0 saturated heterocycles. The lowest BCUT2D eigenvalue weighted by Crippen LogP contribution is -2.16. The van der Waals surface area contributed by atoms with Gasteiger partial charge >= 0.3 is 0 Å². The van der Waals surface area contributed by atoms with Crippen LogP contribution in [0.3, 0.4) is 0 Å². The van der Waals surface area contributed by atoms with E-state index >= 15 is 0 Å².